The molecule has 2 aromatic rings. The minimum Gasteiger partial charge on any atom is -0.315 e. The van der Waals surface area contributed by atoms with Gasteiger partial charge in [-0.05, 0) is 37.1 Å². The number of nitrogens with zero attached hydrogens (tertiary/aromatic N) is 1. The van der Waals surface area contributed by atoms with Gasteiger partial charge in [0.1, 0.15) is 0 Å². The molecule has 0 aliphatic carbocycles. The van der Waals surface area contributed by atoms with Crippen LogP contribution < -0.4 is 11.0 Å². The Hall–Kier alpha value is -2.66. The fourth-order valence-electron chi connectivity index (χ4n) is 2.07. The number of amides is 1. The zero-order valence-corrected chi connectivity index (χ0v) is 12.3. The molecule has 0 fully saturated rings. The monoisotopic (exact) mass is 298 g/mol. The van der Waals surface area contributed by atoms with Gasteiger partial charge in [0.2, 0.25) is 0 Å². The van der Waals surface area contributed by atoms with Crippen LogP contribution in [-0.2, 0) is 17.8 Å². The highest BCUT2D eigenvalue weighted by atomic mass is 16.5. The molecule has 1 aromatic heterocycles. The van der Waals surface area contributed by atoms with Crippen molar-refractivity contribution in [2.24, 2.45) is 0 Å². The molecule has 22 heavy (non-hydrogen) atoms. The summed E-state index contributed by atoms with van der Waals surface area (Å²) in [5.74, 6) is -0.672. The summed E-state index contributed by atoms with van der Waals surface area (Å²) in [6.45, 7) is 2.60. The van der Waals surface area contributed by atoms with E-state index < -0.39 is 5.91 Å². The molecular formula is C17H18N2O3. The van der Waals surface area contributed by atoms with Crippen LogP contribution in [0.2, 0.25) is 0 Å². The fourth-order valence-corrected chi connectivity index (χ4v) is 2.07. The number of nitrogens with one attached hydrogen (secondary N) is 1. The van der Waals surface area contributed by atoms with Crippen LogP contribution in [-0.4, -0.2) is 15.7 Å². The average molecular weight is 298 g/mol. The molecule has 0 atom stereocenters. The number of aromatic nitrogens is 1. The van der Waals surface area contributed by atoms with E-state index in [1.165, 1.54) is 17.1 Å². The third-order valence-corrected chi connectivity index (χ3v) is 3.34. The van der Waals surface area contributed by atoms with Crippen LogP contribution in [0, 0.1) is 6.92 Å². The third-order valence-electron chi connectivity index (χ3n) is 3.34. The van der Waals surface area contributed by atoms with Gasteiger partial charge >= 0.3 is 0 Å². The molecule has 1 heterocycles. The molecule has 0 unspecified atom stereocenters. The van der Waals surface area contributed by atoms with Crippen molar-refractivity contribution in [2.75, 3.05) is 0 Å². The molecule has 5 nitrogen and oxygen atoms in total. The lowest BCUT2D eigenvalue weighted by Gasteiger charge is -2.07. The summed E-state index contributed by atoms with van der Waals surface area (Å²) >= 11 is 0. The van der Waals surface area contributed by atoms with E-state index in [1.807, 2.05) is 19.1 Å². The van der Waals surface area contributed by atoms with Crippen LogP contribution in [0.4, 0.5) is 0 Å². The van der Waals surface area contributed by atoms with Crippen molar-refractivity contribution >= 4 is 12.0 Å². The number of aryl methyl sites for hydroxylation is 3. The Morgan fingerprint density at radius 2 is 2.00 bits per heavy atom. The van der Waals surface area contributed by atoms with Crippen molar-refractivity contribution in [1.82, 2.24) is 10.0 Å². The summed E-state index contributed by atoms with van der Waals surface area (Å²) < 4.78 is 1.61. The topological polar surface area (TPSA) is 71.3 Å². The molecule has 2 rings (SSSR count). The van der Waals surface area contributed by atoms with E-state index >= 15 is 0 Å². The lowest BCUT2D eigenvalue weighted by atomic mass is 10.1. The summed E-state index contributed by atoms with van der Waals surface area (Å²) in [4.78, 5) is 23.2. The second-order valence-corrected chi connectivity index (χ2v) is 5.01. The van der Waals surface area contributed by atoms with E-state index in [0.717, 1.165) is 18.1 Å². The van der Waals surface area contributed by atoms with Gasteiger partial charge in [-0.3, -0.25) is 14.8 Å². The van der Waals surface area contributed by atoms with Crippen molar-refractivity contribution in [1.29, 1.82) is 0 Å². The Bertz CT molecular complexity index is 730. The number of hydrogen-bond acceptors (Lipinski definition) is 3. The second-order valence-electron chi connectivity index (χ2n) is 5.01. The number of pyridine rings is 1. The lowest BCUT2D eigenvalue weighted by Crippen LogP contribution is -2.22. The highest BCUT2D eigenvalue weighted by Gasteiger charge is 2.02. The Morgan fingerprint density at radius 3 is 2.68 bits per heavy atom. The van der Waals surface area contributed by atoms with Crippen LogP contribution >= 0.6 is 0 Å². The van der Waals surface area contributed by atoms with Gasteiger partial charge in [-0.1, -0.05) is 29.8 Å². The van der Waals surface area contributed by atoms with E-state index in [0.29, 0.717) is 12.1 Å². The van der Waals surface area contributed by atoms with Crippen LogP contribution in [0.5, 0.6) is 0 Å². The van der Waals surface area contributed by atoms with Gasteiger partial charge in [0.15, 0.2) is 0 Å². The zero-order chi connectivity index (χ0) is 15.9. The second kappa shape index (κ2) is 7.38. The van der Waals surface area contributed by atoms with Crippen LogP contribution in [0.25, 0.3) is 6.08 Å². The molecule has 114 valence electrons. The number of benzene rings is 1. The standard InChI is InChI=1S/C17H18N2O3/c1-13-4-6-14(7-5-13)10-12-19-11-2-3-15(17(19)21)8-9-16(20)18-22/h2-9,11,22H,10,12H2,1H3,(H,18,20)/b9-8+. The molecule has 1 amide bonds. The van der Waals surface area contributed by atoms with Crippen LogP contribution in [0.1, 0.15) is 16.7 Å². The van der Waals surface area contributed by atoms with E-state index in [4.69, 9.17) is 5.21 Å². The van der Waals surface area contributed by atoms with E-state index in [2.05, 4.69) is 12.1 Å². The third kappa shape index (κ3) is 4.17. The summed E-state index contributed by atoms with van der Waals surface area (Å²) in [5, 5.41) is 8.43. The van der Waals surface area contributed by atoms with E-state index in [-0.39, 0.29) is 5.56 Å². The van der Waals surface area contributed by atoms with Crippen LogP contribution in [0.3, 0.4) is 0 Å². The van der Waals surface area contributed by atoms with Crippen molar-refractivity contribution in [3.63, 3.8) is 0 Å². The number of carbonyl (C=O) groups excluding carboxylic acids is 1. The Labute approximate surface area is 128 Å². The molecule has 0 saturated heterocycles. The summed E-state index contributed by atoms with van der Waals surface area (Å²) in [5.41, 5.74) is 4.08. The maximum atomic E-state index is 12.3. The van der Waals surface area contributed by atoms with Gasteiger partial charge in [-0.2, -0.15) is 0 Å². The van der Waals surface area contributed by atoms with Gasteiger partial charge in [-0.25, -0.2) is 5.48 Å². The number of hydroxylamine groups is 1. The lowest BCUT2D eigenvalue weighted by molar-refractivity contribution is -0.124. The number of rotatable bonds is 5. The predicted octanol–water partition coefficient (Wildman–Crippen LogP) is 1.92. The highest BCUT2D eigenvalue weighted by Crippen LogP contribution is 2.05. The summed E-state index contributed by atoms with van der Waals surface area (Å²) in [7, 11) is 0. The number of carbonyl (C=O) groups is 1. The fraction of sp³-hybridized carbons (Fsp3) is 0.176. The maximum absolute atomic E-state index is 12.3. The smallest absolute Gasteiger partial charge is 0.267 e. The Balaban J connectivity index is 2.11. The average Bonchev–Trinajstić information content (AvgIpc) is 2.54. The van der Waals surface area contributed by atoms with Crippen LogP contribution in [0.15, 0.2) is 53.5 Å². The maximum Gasteiger partial charge on any atom is 0.267 e. The molecule has 0 bridgehead atoms. The summed E-state index contributed by atoms with van der Waals surface area (Å²) in [6.07, 6.45) is 4.97. The number of hydrogen-bond donors (Lipinski definition) is 2. The SMILES string of the molecule is Cc1ccc(CCn2cccc(/C=C/C(=O)NO)c2=O)cc1. The van der Waals surface area contributed by atoms with Crippen molar-refractivity contribution in [3.05, 3.63) is 75.7 Å². The molecule has 0 radical (unpaired) electrons. The predicted molar refractivity (Wildman–Crippen MR) is 84.5 cm³/mol. The van der Waals surface area contributed by atoms with Gasteiger partial charge in [-0.15, -0.1) is 0 Å². The minimum atomic E-state index is -0.672. The molecule has 0 saturated carbocycles. The van der Waals surface area contributed by atoms with Gasteiger partial charge in [0.25, 0.3) is 11.5 Å². The molecular weight excluding hydrogens is 280 g/mol. The first-order valence-corrected chi connectivity index (χ1v) is 6.97. The zero-order valence-electron chi connectivity index (χ0n) is 12.3. The molecule has 5 heteroatoms. The molecule has 0 aliphatic heterocycles. The van der Waals surface area contributed by atoms with Gasteiger partial charge < -0.3 is 4.57 Å². The summed E-state index contributed by atoms with van der Waals surface area (Å²) in [6, 6.07) is 11.6. The highest BCUT2D eigenvalue weighted by molar-refractivity contribution is 5.90. The molecule has 1 aromatic carbocycles. The Morgan fingerprint density at radius 1 is 1.27 bits per heavy atom. The van der Waals surface area contributed by atoms with E-state index in [1.54, 1.807) is 22.9 Å². The molecule has 0 aliphatic rings. The van der Waals surface area contributed by atoms with Gasteiger partial charge in [0.05, 0.1) is 0 Å². The largest absolute Gasteiger partial charge is 0.315 e. The first-order chi connectivity index (χ1) is 10.6. The first kappa shape index (κ1) is 15.7. The van der Waals surface area contributed by atoms with Crippen molar-refractivity contribution < 1.29 is 10.0 Å². The van der Waals surface area contributed by atoms with Gasteiger partial charge in [0, 0.05) is 24.4 Å². The quantitative estimate of drug-likeness (QED) is 0.503. The molecule has 0 spiro atoms. The molecule has 2 N–H and O–H groups in total. The first-order valence-electron chi connectivity index (χ1n) is 6.97. The minimum absolute atomic E-state index is 0.170. The van der Waals surface area contributed by atoms with Crippen molar-refractivity contribution in [3.8, 4) is 0 Å². The Kier molecular flexibility index (Phi) is 5.27. The normalized spacial score (nSPS) is 10.8. The van der Waals surface area contributed by atoms with Crippen molar-refractivity contribution in [2.45, 2.75) is 19.9 Å². The van der Waals surface area contributed by atoms with E-state index in [9.17, 15) is 9.59 Å².